The van der Waals surface area contributed by atoms with Crippen molar-refractivity contribution in [3.8, 4) is 11.4 Å². The molecule has 0 unspecified atom stereocenters. The first-order chi connectivity index (χ1) is 12.7. The molecule has 0 N–H and O–H groups in total. The van der Waals surface area contributed by atoms with Crippen molar-refractivity contribution in [2.24, 2.45) is 4.99 Å². The van der Waals surface area contributed by atoms with Gasteiger partial charge in [0.1, 0.15) is 5.75 Å². The summed E-state index contributed by atoms with van der Waals surface area (Å²) in [6.07, 6.45) is 5.77. The highest BCUT2D eigenvalue weighted by molar-refractivity contribution is 5.90. The molecular formula is C21H20N2O3. The Balaban J connectivity index is 1.69. The molecule has 0 aliphatic carbocycles. The van der Waals surface area contributed by atoms with Crippen LogP contribution < -0.4 is 4.74 Å². The Morgan fingerprint density at radius 1 is 1.08 bits per heavy atom. The van der Waals surface area contributed by atoms with Crippen LogP contribution >= 0.6 is 0 Å². The molecule has 0 fully saturated rings. The van der Waals surface area contributed by atoms with Crippen LogP contribution in [0.4, 0.5) is 5.69 Å². The molecule has 0 bridgehead atoms. The van der Waals surface area contributed by atoms with E-state index in [1.807, 2.05) is 47.3 Å². The molecule has 5 nitrogen and oxygen atoms in total. The second-order valence-electron chi connectivity index (χ2n) is 5.58. The lowest BCUT2D eigenvalue weighted by Crippen LogP contribution is -2.03. The van der Waals surface area contributed by atoms with E-state index in [1.165, 1.54) is 0 Å². The van der Waals surface area contributed by atoms with Gasteiger partial charge in [-0.2, -0.15) is 0 Å². The minimum absolute atomic E-state index is 0.320. The molecule has 2 aromatic carbocycles. The molecule has 0 spiro atoms. The number of carbonyl (C=O) groups is 1. The standard InChI is InChI=1S/C21H20N2O3/c1-3-26-21(24)17-4-6-18(7-5-17)22-14-16-12-13-23(15-16)19-8-10-20(25-2)11-9-19/h4-15H,3H2,1-2H3. The van der Waals surface area contributed by atoms with Gasteiger partial charge in [0.2, 0.25) is 0 Å². The molecule has 0 aliphatic heterocycles. The summed E-state index contributed by atoms with van der Waals surface area (Å²) in [4.78, 5) is 16.1. The van der Waals surface area contributed by atoms with Gasteiger partial charge in [-0.15, -0.1) is 0 Å². The molecule has 0 amide bonds. The van der Waals surface area contributed by atoms with E-state index in [1.54, 1.807) is 44.5 Å². The lowest BCUT2D eigenvalue weighted by Gasteiger charge is -2.04. The Kier molecular flexibility index (Phi) is 5.49. The first-order valence-corrected chi connectivity index (χ1v) is 8.33. The number of methoxy groups -OCH3 is 1. The molecule has 1 heterocycles. The zero-order valence-electron chi connectivity index (χ0n) is 14.8. The van der Waals surface area contributed by atoms with Crippen molar-refractivity contribution in [1.29, 1.82) is 0 Å². The van der Waals surface area contributed by atoms with Gasteiger partial charge < -0.3 is 14.0 Å². The first kappa shape index (κ1) is 17.5. The molecule has 0 saturated carbocycles. The average Bonchev–Trinajstić information content (AvgIpc) is 3.16. The topological polar surface area (TPSA) is 52.8 Å². The summed E-state index contributed by atoms with van der Waals surface area (Å²) in [6.45, 7) is 2.15. The highest BCUT2D eigenvalue weighted by Gasteiger charge is 2.05. The molecule has 0 atom stereocenters. The van der Waals surface area contributed by atoms with E-state index in [2.05, 4.69) is 4.99 Å². The van der Waals surface area contributed by atoms with Crippen molar-refractivity contribution < 1.29 is 14.3 Å². The molecule has 3 rings (SSSR count). The monoisotopic (exact) mass is 348 g/mol. The number of hydrogen-bond acceptors (Lipinski definition) is 4. The Labute approximate surface area is 152 Å². The highest BCUT2D eigenvalue weighted by atomic mass is 16.5. The minimum Gasteiger partial charge on any atom is -0.497 e. The molecule has 0 aliphatic rings. The number of esters is 1. The van der Waals surface area contributed by atoms with Crippen LogP contribution in [0.3, 0.4) is 0 Å². The molecule has 1 aromatic heterocycles. The number of aliphatic imine (C=N–C) groups is 1. The molecule has 26 heavy (non-hydrogen) atoms. The lowest BCUT2D eigenvalue weighted by molar-refractivity contribution is 0.0526. The Hall–Kier alpha value is -3.34. The first-order valence-electron chi connectivity index (χ1n) is 8.33. The van der Waals surface area contributed by atoms with E-state index in [9.17, 15) is 4.79 Å². The maximum Gasteiger partial charge on any atom is 0.338 e. The fourth-order valence-electron chi connectivity index (χ4n) is 2.45. The summed E-state index contributed by atoms with van der Waals surface area (Å²) in [5.74, 6) is 0.508. The molecule has 3 aromatic rings. The lowest BCUT2D eigenvalue weighted by atomic mass is 10.2. The number of benzene rings is 2. The van der Waals surface area contributed by atoms with Crippen molar-refractivity contribution in [1.82, 2.24) is 4.57 Å². The van der Waals surface area contributed by atoms with Gasteiger partial charge >= 0.3 is 5.97 Å². The number of aromatic nitrogens is 1. The largest absolute Gasteiger partial charge is 0.497 e. The smallest absolute Gasteiger partial charge is 0.338 e. The van der Waals surface area contributed by atoms with E-state index in [0.717, 1.165) is 22.7 Å². The minimum atomic E-state index is -0.320. The van der Waals surface area contributed by atoms with E-state index < -0.39 is 0 Å². The van der Waals surface area contributed by atoms with Crippen molar-refractivity contribution in [2.75, 3.05) is 13.7 Å². The van der Waals surface area contributed by atoms with E-state index in [-0.39, 0.29) is 5.97 Å². The van der Waals surface area contributed by atoms with Crippen LogP contribution in [0, 0.1) is 0 Å². The summed E-state index contributed by atoms with van der Waals surface area (Å²) in [5.41, 5.74) is 3.33. The van der Waals surface area contributed by atoms with E-state index in [0.29, 0.717) is 12.2 Å². The molecule has 0 radical (unpaired) electrons. The second kappa shape index (κ2) is 8.16. The maximum absolute atomic E-state index is 11.6. The predicted molar refractivity (Wildman–Crippen MR) is 102 cm³/mol. The predicted octanol–water partition coefficient (Wildman–Crippen LogP) is 4.41. The van der Waals surface area contributed by atoms with Crippen molar-refractivity contribution in [3.63, 3.8) is 0 Å². The molecule has 132 valence electrons. The number of ether oxygens (including phenoxy) is 2. The summed E-state index contributed by atoms with van der Waals surface area (Å²) >= 11 is 0. The van der Waals surface area contributed by atoms with Crippen molar-refractivity contribution in [3.05, 3.63) is 78.1 Å². The average molecular weight is 348 g/mol. The van der Waals surface area contributed by atoms with Gasteiger partial charge in [-0.1, -0.05) is 0 Å². The van der Waals surface area contributed by atoms with Crippen LogP contribution in [0.5, 0.6) is 5.75 Å². The fourth-order valence-corrected chi connectivity index (χ4v) is 2.45. The fraction of sp³-hybridized carbons (Fsp3) is 0.143. The van der Waals surface area contributed by atoms with Gasteiger partial charge in [0.05, 0.1) is 25.0 Å². The van der Waals surface area contributed by atoms with Crippen molar-refractivity contribution >= 4 is 17.9 Å². The third kappa shape index (κ3) is 4.19. The van der Waals surface area contributed by atoms with Gasteiger partial charge in [-0.3, -0.25) is 4.99 Å². The number of hydrogen-bond donors (Lipinski definition) is 0. The number of rotatable bonds is 6. The van der Waals surface area contributed by atoms with Gasteiger partial charge in [0, 0.05) is 29.9 Å². The summed E-state index contributed by atoms with van der Waals surface area (Å²) < 4.78 is 12.2. The Morgan fingerprint density at radius 2 is 1.81 bits per heavy atom. The van der Waals surface area contributed by atoms with Gasteiger partial charge in [-0.25, -0.2) is 4.79 Å². The quantitative estimate of drug-likeness (QED) is 0.490. The van der Waals surface area contributed by atoms with Crippen LogP contribution in [0.15, 0.2) is 72.0 Å². The summed E-state index contributed by atoms with van der Waals surface area (Å²) in [5, 5.41) is 0. The normalized spacial score (nSPS) is 10.8. The molecular weight excluding hydrogens is 328 g/mol. The van der Waals surface area contributed by atoms with Crippen LogP contribution in [-0.4, -0.2) is 30.5 Å². The number of nitrogens with zero attached hydrogens (tertiary/aromatic N) is 2. The van der Waals surface area contributed by atoms with Gasteiger partial charge in [0.15, 0.2) is 0 Å². The third-order valence-corrected chi connectivity index (χ3v) is 3.83. The zero-order chi connectivity index (χ0) is 18.4. The van der Waals surface area contributed by atoms with E-state index >= 15 is 0 Å². The van der Waals surface area contributed by atoms with Crippen LogP contribution in [-0.2, 0) is 4.74 Å². The van der Waals surface area contributed by atoms with Crippen LogP contribution in [0.1, 0.15) is 22.8 Å². The van der Waals surface area contributed by atoms with Gasteiger partial charge in [-0.05, 0) is 61.5 Å². The summed E-state index contributed by atoms with van der Waals surface area (Å²) in [7, 11) is 1.65. The zero-order valence-corrected chi connectivity index (χ0v) is 14.8. The maximum atomic E-state index is 11.6. The number of carbonyl (C=O) groups excluding carboxylic acids is 1. The van der Waals surface area contributed by atoms with E-state index in [4.69, 9.17) is 9.47 Å². The third-order valence-electron chi connectivity index (χ3n) is 3.83. The van der Waals surface area contributed by atoms with Crippen LogP contribution in [0.25, 0.3) is 5.69 Å². The molecule has 5 heteroatoms. The van der Waals surface area contributed by atoms with Crippen molar-refractivity contribution in [2.45, 2.75) is 6.92 Å². The van der Waals surface area contributed by atoms with Crippen LogP contribution in [0.2, 0.25) is 0 Å². The summed E-state index contributed by atoms with van der Waals surface area (Å²) in [6, 6.07) is 16.8. The Bertz CT molecular complexity index is 894. The highest BCUT2D eigenvalue weighted by Crippen LogP contribution is 2.17. The second-order valence-corrected chi connectivity index (χ2v) is 5.58. The SMILES string of the molecule is CCOC(=O)c1ccc(N=Cc2ccn(-c3ccc(OC)cc3)c2)cc1. The van der Waals surface area contributed by atoms with Gasteiger partial charge in [0.25, 0.3) is 0 Å². The Morgan fingerprint density at radius 3 is 2.46 bits per heavy atom. The molecule has 0 saturated heterocycles.